The lowest BCUT2D eigenvalue weighted by Gasteiger charge is -2.15. The molecule has 27 heavy (non-hydrogen) atoms. The summed E-state index contributed by atoms with van der Waals surface area (Å²) >= 11 is 0. The SMILES string of the molecule is CC(C)NS(=O)(=O)c1ccccc1C(=O)N1N=C(c2ccccc2)CC1=O. The van der Waals surface area contributed by atoms with Gasteiger partial charge in [-0.05, 0) is 31.5 Å². The third-order valence-corrected chi connectivity index (χ3v) is 5.59. The molecule has 2 aromatic carbocycles. The topological polar surface area (TPSA) is 95.9 Å². The molecule has 0 spiro atoms. The molecule has 0 aromatic heterocycles. The molecule has 0 saturated carbocycles. The highest BCUT2D eigenvalue weighted by atomic mass is 32.2. The van der Waals surface area contributed by atoms with Crippen molar-refractivity contribution in [2.24, 2.45) is 5.10 Å². The van der Waals surface area contributed by atoms with E-state index in [9.17, 15) is 18.0 Å². The molecule has 1 aliphatic rings. The van der Waals surface area contributed by atoms with Crippen LogP contribution in [0.1, 0.15) is 36.2 Å². The van der Waals surface area contributed by atoms with Crippen molar-refractivity contribution >= 4 is 27.5 Å². The minimum atomic E-state index is -3.91. The zero-order valence-electron chi connectivity index (χ0n) is 14.9. The lowest BCUT2D eigenvalue weighted by Crippen LogP contribution is -2.34. The number of carbonyl (C=O) groups is 2. The second-order valence-electron chi connectivity index (χ2n) is 6.37. The third-order valence-electron chi connectivity index (χ3n) is 3.87. The van der Waals surface area contributed by atoms with E-state index in [1.54, 1.807) is 32.0 Å². The van der Waals surface area contributed by atoms with E-state index in [-0.39, 0.29) is 22.9 Å². The van der Waals surface area contributed by atoms with Crippen LogP contribution in [0.15, 0.2) is 64.6 Å². The smallest absolute Gasteiger partial charge is 0.272 e. The Labute approximate surface area is 157 Å². The van der Waals surface area contributed by atoms with Crippen LogP contribution in [-0.2, 0) is 14.8 Å². The van der Waals surface area contributed by atoms with Gasteiger partial charge in [-0.15, -0.1) is 0 Å². The van der Waals surface area contributed by atoms with Gasteiger partial charge in [-0.3, -0.25) is 9.59 Å². The number of hydrazone groups is 1. The maximum Gasteiger partial charge on any atom is 0.282 e. The Morgan fingerprint density at radius 3 is 2.37 bits per heavy atom. The molecule has 0 radical (unpaired) electrons. The third kappa shape index (κ3) is 3.96. The number of nitrogens with one attached hydrogen (secondary N) is 1. The number of hydrogen-bond donors (Lipinski definition) is 1. The van der Waals surface area contributed by atoms with Crippen LogP contribution in [0.4, 0.5) is 0 Å². The van der Waals surface area contributed by atoms with Crippen LogP contribution in [0.2, 0.25) is 0 Å². The summed E-state index contributed by atoms with van der Waals surface area (Å²) in [5.41, 5.74) is 1.11. The molecule has 0 fully saturated rings. The highest BCUT2D eigenvalue weighted by molar-refractivity contribution is 7.89. The molecule has 0 unspecified atom stereocenters. The van der Waals surface area contributed by atoms with Crippen molar-refractivity contribution < 1.29 is 18.0 Å². The van der Waals surface area contributed by atoms with Gasteiger partial charge in [-0.2, -0.15) is 10.1 Å². The lowest BCUT2D eigenvalue weighted by atomic mass is 10.1. The Kier molecular flexibility index (Phi) is 5.20. The number of amides is 2. The molecule has 0 bridgehead atoms. The second-order valence-corrected chi connectivity index (χ2v) is 8.05. The molecule has 2 amide bonds. The number of imide groups is 1. The molecule has 0 aliphatic carbocycles. The minimum Gasteiger partial charge on any atom is -0.272 e. The molecule has 7 nitrogen and oxygen atoms in total. The molecule has 1 N–H and O–H groups in total. The van der Waals surface area contributed by atoms with Crippen molar-refractivity contribution in [2.75, 3.05) is 0 Å². The predicted molar refractivity (Wildman–Crippen MR) is 101 cm³/mol. The Morgan fingerprint density at radius 1 is 1.07 bits per heavy atom. The summed E-state index contributed by atoms with van der Waals surface area (Å²) in [7, 11) is -3.91. The van der Waals surface area contributed by atoms with E-state index in [1.165, 1.54) is 18.2 Å². The molecule has 3 rings (SSSR count). The average molecular weight is 385 g/mol. The van der Waals surface area contributed by atoms with E-state index < -0.39 is 21.8 Å². The number of rotatable bonds is 5. The number of nitrogens with zero attached hydrogens (tertiary/aromatic N) is 2. The van der Waals surface area contributed by atoms with Gasteiger partial charge in [0.05, 0.1) is 22.6 Å². The van der Waals surface area contributed by atoms with Crippen molar-refractivity contribution in [3.63, 3.8) is 0 Å². The summed E-state index contributed by atoms with van der Waals surface area (Å²) in [6.07, 6.45) is -0.0189. The fourth-order valence-corrected chi connectivity index (χ4v) is 4.19. The van der Waals surface area contributed by atoms with Gasteiger partial charge in [0.2, 0.25) is 10.0 Å². The van der Waals surface area contributed by atoms with Gasteiger partial charge in [-0.1, -0.05) is 42.5 Å². The van der Waals surface area contributed by atoms with Gasteiger partial charge in [-0.25, -0.2) is 13.1 Å². The Morgan fingerprint density at radius 2 is 1.70 bits per heavy atom. The first-order valence-corrected chi connectivity index (χ1v) is 9.89. The molecular formula is C19H19N3O4S. The van der Waals surface area contributed by atoms with Crippen molar-refractivity contribution in [3.8, 4) is 0 Å². The normalized spacial score (nSPS) is 14.6. The summed E-state index contributed by atoms with van der Waals surface area (Å²) in [5, 5.41) is 4.88. The number of carbonyl (C=O) groups excluding carboxylic acids is 2. The van der Waals surface area contributed by atoms with Crippen LogP contribution in [-0.4, -0.2) is 37.0 Å². The average Bonchev–Trinajstić information content (AvgIpc) is 3.02. The molecule has 1 heterocycles. The minimum absolute atomic E-state index is 0.0189. The molecule has 0 saturated heterocycles. The lowest BCUT2D eigenvalue weighted by molar-refractivity contribution is -0.126. The van der Waals surface area contributed by atoms with Crippen molar-refractivity contribution in [1.29, 1.82) is 0 Å². The fraction of sp³-hybridized carbons (Fsp3) is 0.211. The van der Waals surface area contributed by atoms with E-state index in [4.69, 9.17) is 0 Å². The first-order valence-electron chi connectivity index (χ1n) is 8.41. The van der Waals surface area contributed by atoms with E-state index in [0.717, 1.165) is 10.6 Å². The number of benzene rings is 2. The highest BCUT2D eigenvalue weighted by Crippen LogP contribution is 2.22. The van der Waals surface area contributed by atoms with Gasteiger partial charge < -0.3 is 0 Å². The van der Waals surface area contributed by atoms with Gasteiger partial charge >= 0.3 is 0 Å². The van der Waals surface area contributed by atoms with E-state index in [2.05, 4.69) is 9.82 Å². The standard InChI is InChI=1S/C19H19N3O4S/c1-13(2)21-27(25,26)17-11-7-6-10-15(17)19(24)22-18(23)12-16(20-22)14-8-4-3-5-9-14/h3-11,13,21H,12H2,1-2H3. The Bertz CT molecular complexity index is 1010. The second kappa shape index (κ2) is 7.42. The Balaban J connectivity index is 1.98. The fourth-order valence-electron chi connectivity index (χ4n) is 2.74. The molecule has 0 atom stereocenters. The zero-order valence-corrected chi connectivity index (χ0v) is 15.7. The molecular weight excluding hydrogens is 366 g/mol. The van der Waals surface area contributed by atoms with Crippen LogP contribution in [0.25, 0.3) is 0 Å². The van der Waals surface area contributed by atoms with Crippen LogP contribution >= 0.6 is 0 Å². The summed E-state index contributed by atoms with van der Waals surface area (Å²) in [4.78, 5) is 25.0. The molecule has 2 aromatic rings. The first-order chi connectivity index (χ1) is 12.8. The van der Waals surface area contributed by atoms with E-state index in [1.807, 2.05) is 18.2 Å². The molecule has 140 valence electrons. The Hall–Kier alpha value is -2.84. The van der Waals surface area contributed by atoms with Crippen LogP contribution < -0.4 is 4.72 Å². The predicted octanol–water partition coefficient (Wildman–Crippen LogP) is 2.15. The van der Waals surface area contributed by atoms with Crippen LogP contribution in [0, 0.1) is 0 Å². The first kappa shape index (κ1) is 18.9. The van der Waals surface area contributed by atoms with Gasteiger partial charge in [0.25, 0.3) is 11.8 Å². The maximum atomic E-state index is 12.9. The molecule has 8 heteroatoms. The summed E-state index contributed by atoms with van der Waals surface area (Å²) < 4.78 is 27.5. The van der Waals surface area contributed by atoms with E-state index in [0.29, 0.717) is 5.71 Å². The number of sulfonamides is 1. The zero-order chi connectivity index (χ0) is 19.6. The summed E-state index contributed by atoms with van der Waals surface area (Å²) in [6, 6.07) is 14.5. The van der Waals surface area contributed by atoms with Crippen molar-refractivity contribution in [1.82, 2.24) is 9.73 Å². The van der Waals surface area contributed by atoms with E-state index >= 15 is 0 Å². The number of hydrogen-bond acceptors (Lipinski definition) is 5. The maximum absolute atomic E-state index is 12.9. The van der Waals surface area contributed by atoms with Gasteiger partial charge in [0.1, 0.15) is 0 Å². The van der Waals surface area contributed by atoms with Crippen molar-refractivity contribution in [2.45, 2.75) is 31.2 Å². The highest BCUT2D eigenvalue weighted by Gasteiger charge is 2.33. The van der Waals surface area contributed by atoms with Crippen LogP contribution in [0.3, 0.4) is 0 Å². The summed E-state index contributed by atoms with van der Waals surface area (Å²) in [6.45, 7) is 3.37. The monoisotopic (exact) mass is 385 g/mol. The quantitative estimate of drug-likeness (QED) is 0.798. The van der Waals surface area contributed by atoms with Crippen LogP contribution in [0.5, 0.6) is 0 Å². The van der Waals surface area contributed by atoms with Gasteiger partial charge in [0.15, 0.2) is 0 Å². The van der Waals surface area contributed by atoms with Gasteiger partial charge in [0, 0.05) is 6.04 Å². The molecule has 1 aliphatic heterocycles. The summed E-state index contributed by atoms with van der Waals surface area (Å²) in [5.74, 6) is -1.27. The van der Waals surface area contributed by atoms with Crippen molar-refractivity contribution in [3.05, 3.63) is 65.7 Å². The largest absolute Gasteiger partial charge is 0.282 e.